The van der Waals surface area contributed by atoms with E-state index in [1.165, 1.54) is 0 Å². The van der Waals surface area contributed by atoms with Crippen LogP contribution < -0.4 is 11.1 Å². The van der Waals surface area contributed by atoms with Crippen molar-refractivity contribution in [3.63, 3.8) is 0 Å². The van der Waals surface area contributed by atoms with Crippen molar-refractivity contribution in [2.75, 3.05) is 0 Å². The molecule has 0 aliphatic carbocycles. The van der Waals surface area contributed by atoms with Gasteiger partial charge in [0.05, 0.1) is 11.1 Å². The molecule has 0 radical (unpaired) electrons. The van der Waals surface area contributed by atoms with Crippen LogP contribution in [0.25, 0.3) is 33.0 Å². The fourth-order valence-electron chi connectivity index (χ4n) is 6.10. The average molecular weight is 467 g/mol. The molecule has 178 valence electrons. The van der Waals surface area contributed by atoms with Crippen LogP contribution in [0.1, 0.15) is 37.1 Å². The summed E-state index contributed by atoms with van der Waals surface area (Å²) in [5.74, 6) is 0.123. The van der Waals surface area contributed by atoms with Crippen LogP contribution in [0, 0.1) is 11.8 Å². The van der Waals surface area contributed by atoms with Gasteiger partial charge < -0.3 is 14.9 Å². The second-order valence-corrected chi connectivity index (χ2v) is 10.3. The summed E-state index contributed by atoms with van der Waals surface area (Å²) < 4.78 is 4.35. The molecule has 0 bridgehead atoms. The first-order chi connectivity index (χ1) is 16.9. The molecule has 2 aliphatic rings. The number of nitrogens with two attached hydrogens (primary N) is 1. The number of nitrogens with one attached hydrogen (secondary N) is 1. The standard InChI is InChI=1S/C29H30N4O2/c1-16(2)27(30)17-12-13-23-24(19-9-5-7-11-22(19)33(23)14-17)26-25(28(34)31-29(26)35)20-15-32(3)21-10-6-4-8-18(20)21/h4-11,15-17,27H,12-14,30H2,1-3H3,(H,31,34,35). The molecule has 4 heterocycles. The molecule has 6 rings (SSSR count). The summed E-state index contributed by atoms with van der Waals surface area (Å²) in [4.78, 5) is 26.6. The Bertz CT molecular complexity index is 1550. The van der Waals surface area contributed by atoms with Gasteiger partial charge in [-0.3, -0.25) is 14.9 Å². The van der Waals surface area contributed by atoms with Gasteiger partial charge in [-0.05, 0) is 36.8 Å². The number of nitrogens with zero attached hydrogens (tertiary/aromatic N) is 2. The Morgan fingerprint density at radius 2 is 1.60 bits per heavy atom. The van der Waals surface area contributed by atoms with E-state index in [1.807, 2.05) is 54.2 Å². The van der Waals surface area contributed by atoms with Gasteiger partial charge in [0.15, 0.2) is 0 Å². The van der Waals surface area contributed by atoms with Crippen molar-refractivity contribution >= 4 is 44.8 Å². The Morgan fingerprint density at radius 1 is 0.943 bits per heavy atom. The summed E-state index contributed by atoms with van der Waals surface area (Å²) in [5, 5.41) is 4.58. The fraction of sp³-hybridized carbons (Fsp3) is 0.310. The predicted molar refractivity (Wildman–Crippen MR) is 139 cm³/mol. The van der Waals surface area contributed by atoms with Crippen molar-refractivity contribution in [3.8, 4) is 0 Å². The molecule has 3 N–H and O–H groups in total. The molecule has 6 heteroatoms. The number of hydrogen-bond acceptors (Lipinski definition) is 3. The van der Waals surface area contributed by atoms with Crippen LogP contribution in [0.2, 0.25) is 0 Å². The number of aromatic nitrogens is 2. The number of carbonyl (C=O) groups excluding carboxylic acids is 2. The average Bonchev–Trinajstić information content (AvgIpc) is 3.46. The van der Waals surface area contributed by atoms with Crippen LogP contribution in [0.5, 0.6) is 0 Å². The molecule has 4 aromatic rings. The molecule has 35 heavy (non-hydrogen) atoms. The zero-order valence-corrected chi connectivity index (χ0v) is 20.3. The molecule has 0 fully saturated rings. The van der Waals surface area contributed by atoms with E-state index >= 15 is 0 Å². The van der Waals surface area contributed by atoms with Crippen molar-refractivity contribution in [2.45, 2.75) is 39.3 Å². The smallest absolute Gasteiger partial charge is 0.259 e. The van der Waals surface area contributed by atoms with Gasteiger partial charge in [0.25, 0.3) is 11.8 Å². The molecule has 0 spiro atoms. The first-order valence-corrected chi connectivity index (χ1v) is 12.4. The number of imide groups is 1. The van der Waals surface area contributed by atoms with Crippen LogP contribution in [-0.4, -0.2) is 27.0 Å². The third kappa shape index (κ3) is 3.20. The summed E-state index contributed by atoms with van der Waals surface area (Å²) in [5.41, 5.74) is 12.5. The molecule has 2 unspecified atom stereocenters. The van der Waals surface area contributed by atoms with Crippen LogP contribution >= 0.6 is 0 Å². The molecule has 2 amide bonds. The minimum Gasteiger partial charge on any atom is -0.350 e. The third-order valence-corrected chi connectivity index (χ3v) is 7.91. The van der Waals surface area contributed by atoms with E-state index < -0.39 is 0 Å². The largest absolute Gasteiger partial charge is 0.350 e. The minimum absolute atomic E-state index is 0.120. The van der Waals surface area contributed by atoms with E-state index in [0.717, 1.165) is 58.0 Å². The van der Waals surface area contributed by atoms with Crippen molar-refractivity contribution in [3.05, 3.63) is 71.5 Å². The maximum absolute atomic E-state index is 13.4. The normalized spacial score (nSPS) is 19.2. The van der Waals surface area contributed by atoms with E-state index in [4.69, 9.17) is 5.73 Å². The first kappa shape index (κ1) is 21.9. The zero-order valence-electron chi connectivity index (χ0n) is 20.3. The molecule has 2 aromatic carbocycles. The number of carbonyl (C=O) groups is 2. The Labute approximate surface area is 204 Å². The highest BCUT2D eigenvalue weighted by Gasteiger charge is 2.38. The molecule has 2 aliphatic heterocycles. The molecule has 0 saturated carbocycles. The minimum atomic E-state index is -0.332. The number of fused-ring (bicyclic) bond motifs is 4. The highest BCUT2D eigenvalue weighted by Crippen LogP contribution is 2.43. The van der Waals surface area contributed by atoms with E-state index in [9.17, 15) is 9.59 Å². The predicted octanol–water partition coefficient (Wildman–Crippen LogP) is 4.25. The van der Waals surface area contributed by atoms with Gasteiger partial charge in [0.1, 0.15) is 0 Å². The third-order valence-electron chi connectivity index (χ3n) is 7.91. The number of hydrogen-bond donors (Lipinski definition) is 2. The topological polar surface area (TPSA) is 82.1 Å². The molecule has 2 aromatic heterocycles. The van der Waals surface area contributed by atoms with Gasteiger partial charge in [-0.15, -0.1) is 0 Å². The van der Waals surface area contributed by atoms with Crippen LogP contribution in [0.4, 0.5) is 0 Å². The highest BCUT2D eigenvalue weighted by atomic mass is 16.2. The second kappa shape index (κ2) is 7.95. The van der Waals surface area contributed by atoms with E-state index in [2.05, 4.69) is 35.9 Å². The number of aryl methyl sites for hydroxylation is 1. The Morgan fingerprint density at radius 3 is 2.34 bits per heavy atom. The van der Waals surface area contributed by atoms with Crippen LogP contribution in [-0.2, 0) is 29.6 Å². The summed E-state index contributed by atoms with van der Waals surface area (Å²) >= 11 is 0. The van der Waals surface area contributed by atoms with Gasteiger partial charge in [0.2, 0.25) is 0 Å². The molecule has 6 nitrogen and oxygen atoms in total. The number of amides is 2. The van der Waals surface area contributed by atoms with Crippen LogP contribution in [0.15, 0.2) is 54.7 Å². The lowest BCUT2D eigenvalue weighted by molar-refractivity contribution is -0.122. The van der Waals surface area contributed by atoms with Crippen molar-refractivity contribution in [2.24, 2.45) is 24.6 Å². The van der Waals surface area contributed by atoms with Gasteiger partial charge in [-0.2, -0.15) is 0 Å². The fourth-order valence-corrected chi connectivity index (χ4v) is 6.10. The van der Waals surface area contributed by atoms with Crippen molar-refractivity contribution < 1.29 is 9.59 Å². The SMILES string of the molecule is CC(C)C(N)C1CCc2c(C3=C(c4cn(C)c5ccccc45)C(=O)NC3=O)c3ccccc3n2C1. The lowest BCUT2D eigenvalue weighted by atomic mass is 9.84. The van der Waals surface area contributed by atoms with Crippen LogP contribution in [0.3, 0.4) is 0 Å². The van der Waals surface area contributed by atoms with Crippen molar-refractivity contribution in [1.82, 2.24) is 14.5 Å². The molecule has 0 saturated heterocycles. The maximum Gasteiger partial charge on any atom is 0.259 e. The number of rotatable bonds is 4. The Balaban J connectivity index is 1.62. The van der Waals surface area contributed by atoms with Gasteiger partial charge in [-0.1, -0.05) is 50.2 Å². The summed E-state index contributed by atoms with van der Waals surface area (Å²) in [6, 6.07) is 16.3. The quantitative estimate of drug-likeness (QED) is 0.441. The Hall–Kier alpha value is -3.64. The first-order valence-electron chi connectivity index (χ1n) is 12.4. The Kier molecular flexibility index (Phi) is 4.97. The van der Waals surface area contributed by atoms with Gasteiger partial charge >= 0.3 is 0 Å². The lowest BCUT2D eigenvalue weighted by Crippen LogP contribution is -2.39. The van der Waals surface area contributed by atoms with Crippen molar-refractivity contribution in [1.29, 1.82) is 0 Å². The zero-order chi connectivity index (χ0) is 24.4. The molecular weight excluding hydrogens is 436 g/mol. The number of para-hydroxylation sites is 2. The monoisotopic (exact) mass is 466 g/mol. The lowest BCUT2D eigenvalue weighted by Gasteiger charge is -2.32. The van der Waals surface area contributed by atoms with E-state index in [1.54, 1.807) is 0 Å². The second-order valence-electron chi connectivity index (χ2n) is 10.3. The van der Waals surface area contributed by atoms with E-state index in [0.29, 0.717) is 23.0 Å². The molecular formula is C29H30N4O2. The number of benzene rings is 2. The van der Waals surface area contributed by atoms with Gasteiger partial charge in [0, 0.05) is 64.5 Å². The van der Waals surface area contributed by atoms with E-state index in [-0.39, 0.29) is 17.9 Å². The summed E-state index contributed by atoms with van der Waals surface area (Å²) in [7, 11) is 1.97. The van der Waals surface area contributed by atoms with Gasteiger partial charge in [-0.25, -0.2) is 0 Å². The molecule has 2 atom stereocenters. The summed E-state index contributed by atoms with van der Waals surface area (Å²) in [6.07, 6.45) is 3.75. The summed E-state index contributed by atoms with van der Waals surface area (Å²) in [6.45, 7) is 5.17. The maximum atomic E-state index is 13.4. The highest BCUT2D eigenvalue weighted by molar-refractivity contribution is 6.51.